The molecule has 2 aromatic carbocycles. The number of hydrogen-bond donors (Lipinski definition) is 1. The first kappa shape index (κ1) is 13.9. The van der Waals surface area contributed by atoms with Gasteiger partial charge in [0.25, 0.3) is 0 Å². The fourth-order valence-corrected chi connectivity index (χ4v) is 1.87. The molecule has 0 bridgehead atoms. The summed E-state index contributed by atoms with van der Waals surface area (Å²) in [7, 11) is 1.48. The normalized spacial score (nSPS) is 10.1. The highest BCUT2D eigenvalue weighted by molar-refractivity contribution is 5.98. The van der Waals surface area contributed by atoms with E-state index in [0.717, 1.165) is 5.56 Å². The van der Waals surface area contributed by atoms with Crippen molar-refractivity contribution < 1.29 is 19.4 Å². The SMILES string of the molecule is COc1ccc(C(C)=O)c(O)c1OCc1ccccc1. The Hall–Kier alpha value is -2.49. The molecule has 0 aromatic heterocycles. The molecule has 4 heteroatoms. The van der Waals surface area contributed by atoms with Crippen molar-refractivity contribution >= 4 is 5.78 Å². The number of carbonyl (C=O) groups excluding carboxylic acids is 1. The molecule has 0 spiro atoms. The number of benzene rings is 2. The minimum absolute atomic E-state index is 0.184. The van der Waals surface area contributed by atoms with Crippen molar-refractivity contribution in [3.8, 4) is 17.2 Å². The highest BCUT2D eigenvalue weighted by atomic mass is 16.5. The molecule has 0 amide bonds. The highest BCUT2D eigenvalue weighted by Gasteiger charge is 2.17. The van der Waals surface area contributed by atoms with E-state index in [2.05, 4.69) is 0 Å². The van der Waals surface area contributed by atoms with Crippen LogP contribution in [0.2, 0.25) is 0 Å². The van der Waals surface area contributed by atoms with E-state index in [0.29, 0.717) is 5.75 Å². The second kappa shape index (κ2) is 6.10. The molecular formula is C16H16O4. The summed E-state index contributed by atoms with van der Waals surface area (Å²) in [5.74, 6) is 0.162. The van der Waals surface area contributed by atoms with Crippen LogP contribution >= 0.6 is 0 Å². The predicted molar refractivity (Wildman–Crippen MR) is 75.4 cm³/mol. The van der Waals surface area contributed by atoms with Gasteiger partial charge >= 0.3 is 0 Å². The Morgan fingerprint density at radius 3 is 2.45 bits per heavy atom. The zero-order valence-corrected chi connectivity index (χ0v) is 11.4. The van der Waals surface area contributed by atoms with E-state index in [1.807, 2.05) is 30.3 Å². The molecule has 0 heterocycles. The van der Waals surface area contributed by atoms with Crippen LogP contribution in [0, 0.1) is 0 Å². The summed E-state index contributed by atoms with van der Waals surface area (Å²) in [5, 5.41) is 10.1. The Bertz CT molecular complexity index is 605. The van der Waals surface area contributed by atoms with E-state index >= 15 is 0 Å². The minimum atomic E-state index is -0.227. The topological polar surface area (TPSA) is 55.8 Å². The number of Topliss-reactive ketones (excluding diaryl/α,β-unsaturated/α-hetero) is 1. The molecule has 1 N–H and O–H groups in total. The quantitative estimate of drug-likeness (QED) is 0.849. The van der Waals surface area contributed by atoms with Crippen molar-refractivity contribution in [3.63, 3.8) is 0 Å². The maximum absolute atomic E-state index is 11.4. The first-order valence-corrected chi connectivity index (χ1v) is 6.21. The smallest absolute Gasteiger partial charge is 0.204 e. The Labute approximate surface area is 117 Å². The van der Waals surface area contributed by atoms with E-state index in [1.54, 1.807) is 6.07 Å². The summed E-state index contributed by atoms with van der Waals surface area (Å²) in [6, 6.07) is 12.7. The largest absolute Gasteiger partial charge is 0.504 e. The van der Waals surface area contributed by atoms with Gasteiger partial charge in [-0.15, -0.1) is 0 Å². The summed E-state index contributed by atoms with van der Waals surface area (Å²) in [5.41, 5.74) is 1.18. The first-order valence-electron chi connectivity index (χ1n) is 6.21. The molecule has 0 aliphatic rings. The lowest BCUT2D eigenvalue weighted by molar-refractivity contribution is 0.101. The summed E-state index contributed by atoms with van der Waals surface area (Å²) < 4.78 is 10.8. The molecule has 0 fully saturated rings. The number of ketones is 1. The molecule has 0 atom stereocenters. The first-order chi connectivity index (χ1) is 9.63. The van der Waals surface area contributed by atoms with Gasteiger partial charge in [0.15, 0.2) is 17.3 Å². The Morgan fingerprint density at radius 2 is 1.85 bits per heavy atom. The minimum Gasteiger partial charge on any atom is -0.504 e. The second-order valence-electron chi connectivity index (χ2n) is 4.32. The lowest BCUT2D eigenvalue weighted by atomic mass is 10.1. The summed E-state index contributed by atoms with van der Waals surface area (Å²) >= 11 is 0. The number of aromatic hydroxyl groups is 1. The number of ether oxygens (including phenoxy) is 2. The third kappa shape index (κ3) is 2.91. The van der Waals surface area contributed by atoms with Crippen LogP contribution in [0.1, 0.15) is 22.8 Å². The summed E-state index contributed by atoms with van der Waals surface area (Å²) in [6.07, 6.45) is 0. The number of hydrogen-bond acceptors (Lipinski definition) is 4. The standard InChI is InChI=1S/C16H16O4/c1-11(17)13-8-9-14(19-2)16(15(13)18)20-10-12-6-4-3-5-7-12/h3-9,18H,10H2,1-2H3. The Morgan fingerprint density at radius 1 is 1.15 bits per heavy atom. The predicted octanol–water partition coefficient (Wildman–Crippen LogP) is 3.18. The molecule has 4 nitrogen and oxygen atoms in total. The van der Waals surface area contributed by atoms with Gasteiger partial charge in [0.1, 0.15) is 6.61 Å². The molecule has 2 rings (SSSR count). The fourth-order valence-electron chi connectivity index (χ4n) is 1.87. The number of phenolic OH excluding ortho intramolecular Hbond substituents is 1. The monoisotopic (exact) mass is 272 g/mol. The van der Waals surface area contributed by atoms with Crippen molar-refractivity contribution in [2.45, 2.75) is 13.5 Å². The van der Waals surface area contributed by atoms with Crippen LogP contribution in [0.5, 0.6) is 17.2 Å². The maximum Gasteiger partial charge on any atom is 0.204 e. The van der Waals surface area contributed by atoms with Gasteiger partial charge in [-0.2, -0.15) is 0 Å². The maximum atomic E-state index is 11.4. The van der Waals surface area contributed by atoms with E-state index in [-0.39, 0.29) is 29.5 Å². The van der Waals surface area contributed by atoms with E-state index in [9.17, 15) is 9.90 Å². The lowest BCUT2D eigenvalue weighted by Crippen LogP contribution is -2.01. The van der Waals surface area contributed by atoms with Crippen molar-refractivity contribution in [2.24, 2.45) is 0 Å². The Balaban J connectivity index is 2.29. The van der Waals surface area contributed by atoms with Gasteiger partial charge in [-0.25, -0.2) is 0 Å². The van der Waals surface area contributed by atoms with Gasteiger partial charge in [0.2, 0.25) is 5.75 Å². The molecule has 0 radical (unpaired) electrons. The van der Waals surface area contributed by atoms with Crippen molar-refractivity contribution in [2.75, 3.05) is 7.11 Å². The number of carbonyl (C=O) groups is 1. The van der Waals surface area contributed by atoms with Crippen LogP contribution in [0.3, 0.4) is 0 Å². The van der Waals surface area contributed by atoms with Crippen LogP contribution in [0.25, 0.3) is 0 Å². The zero-order chi connectivity index (χ0) is 14.5. The number of rotatable bonds is 5. The molecule has 0 aliphatic carbocycles. The number of phenols is 1. The molecule has 0 aliphatic heterocycles. The molecule has 20 heavy (non-hydrogen) atoms. The van der Waals surface area contributed by atoms with Crippen LogP contribution in [-0.2, 0) is 6.61 Å². The molecule has 0 saturated heterocycles. The van der Waals surface area contributed by atoms with E-state index < -0.39 is 0 Å². The molecule has 2 aromatic rings. The van der Waals surface area contributed by atoms with Gasteiger partial charge in [0, 0.05) is 0 Å². The van der Waals surface area contributed by atoms with E-state index in [1.165, 1.54) is 20.1 Å². The van der Waals surface area contributed by atoms with Crippen LogP contribution < -0.4 is 9.47 Å². The third-order valence-electron chi connectivity index (χ3n) is 2.92. The summed E-state index contributed by atoms with van der Waals surface area (Å²) in [4.78, 5) is 11.4. The Kier molecular flexibility index (Phi) is 4.25. The molecular weight excluding hydrogens is 256 g/mol. The second-order valence-corrected chi connectivity index (χ2v) is 4.32. The average molecular weight is 272 g/mol. The third-order valence-corrected chi connectivity index (χ3v) is 2.92. The van der Waals surface area contributed by atoms with Crippen molar-refractivity contribution in [3.05, 3.63) is 53.6 Å². The van der Waals surface area contributed by atoms with Gasteiger partial charge < -0.3 is 14.6 Å². The van der Waals surface area contributed by atoms with Gasteiger partial charge in [-0.05, 0) is 24.6 Å². The summed E-state index contributed by atoms with van der Waals surface area (Å²) in [6.45, 7) is 1.68. The van der Waals surface area contributed by atoms with Crippen LogP contribution in [-0.4, -0.2) is 18.0 Å². The molecule has 0 saturated carbocycles. The van der Waals surface area contributed by atoms with Gasteiger partial charge in [-0.1, -0.05) is 30.3 Å². The van der Waals surface area contributed by atoms with E-state index in [4.69, 9.17) is 9.47 Å². The van der Waals surface area contributed by atoms with Crippen molar-refractivity contribution in [1.29, 1.82) is 0 Å². The molecule has 0 unspecified atom stereocenters. The number of methoxy groups -OCH3 is 1. The van der Waals surface area contributed by atoms with Gasteiger partial charge in [0.05, 0.1) is 12.7 Å². The fraction of sp³-hybridized carbons (Fsp3) is 0.188. The van der Waals surface area contributed by atoms with Crippen LogP contribution in [0.4, 0.5) is 0 Å². The highest BCUT2D eigenvalue weighted by Crippen LogP contribution is 2.39. The zero-order valence-electron chi connectivity index (χ0n) is 11.4. The molecule has 104 valence electrons. The lowest BCUT2D eigenvalue weighted by Gasteiger charge is -2.14. The van der Waals surface area contributed by atoms with Crippen molar-refractivity contribution in [1.82, 2.24) is 0 Å². The van der Waals surface area contributed by atoms with Crippen LogP contribution in [0.15, 0.2) is 42.5 Å². The van der Waals surface area contributed by atoms with Gasteiger partial charge in [-0.3, -0.25) is 4.79 Å². The average Bonchev–Trinajstić information content (AvgIpc) is 2.46.